The molecule has 1 atom stereocenters. The SMILES string of the molecule is COC(=O)NC(Cc1ccccc1)C(=O)Nc1ccc2c(c1)OC1(CCCC1)O2. The van der Waals surface area contributed by atoms with Crippen LogP contribution in [0.4, 0.5) is 10.5 Å². The lowest BCUT2D eigenvalue weighted by molar-refractivity contribution is -0.118. The number of carbonyl (C=O) groups is 2. The van der Waals surface area contributed by atoms with Gasteiger partial charge in [0.2, 0.25) is 5.91 Å². The third kappa shape index (κ3) is 4.29. The van der Waals surface area contributed by atoms with E-state index in [0.717, 1.165) is 31.2 Å². The number of anilines is 1. The molecule has 29 heavy (non-hydrogen) atoms. The lowest BCUT2D eigenvalue weighted by atomic mass is 10.1. The summed E-state index contributed by atoms with van der Waals surface area (Å²) < 4.78 is 16.7. The van der Waals surface area contributed by atoms with Gasteiger partial charge in [-0.2, -0.15) is 0 Å². The number of alkyl carbamates (subject to hydrolysis) is 1. The summed E-state index contributed by atoms with van der Waals surface area (Å²) in [5.74, 6) is 0.435. The second-order valence-corrected chi connectivity index (χ2v) is 7.35. The minimum absolute atomic E-state index is 0.339. The molecule has 2 aliphatic rings. The summed E-state index contributed by atoms with van der Waals surface area (Å²) in [5, 5.41) is 5.45. The Morgan fingerprint density at radius 1 is 1.07 bits per heavy atom. The maximum absolute atomic E-state index is 12.9. The van der Waals surface area contributed by atoms with Gasteiger partial charge in [-0.05, 0) is 30.5 Å². The van der Waals surface area contributed by atoms with E-state index in [0.29, 0.717) is 23.6 Å². The van der Waals surface area contributed by atoms with Gasteiger partial charge < -0.3 is 24.8 Å². The van der Waals surface area contributed by atoms with Crippen molar-refractivity contribution < 1.29 is 23.8 Å². The third-order valence-corrected chi connectivity index (χ3v) is 5.25. The zero-order valence-corrected chi connectivity index (χ0v) is 16.3. The van der Waals surface area contributed by atoms with Crippen LogP contribution >= 0.6 is 0 Å². The van der Waals surface area contributed by atoms with E-state index in [2.05, 4.69) is 15.4 Å². The van der Waals surface area contributed by atoms with Crippen molar-refractivity contribution in [3.63, 3.8) is 0 Å². The Morgan fingerprint density at radius 3 is 2.52 bits per heavy atom. The Kier molecular flexibility index (Phi) is 5.29. The molecule has 1 aliphatic carbocycles. The summed E-state index contributed by atoms with van der Waals surface area (Å²) in [6, 6.07) is 14.0. The molecule has 0 bridgehead atoms. The molecule has 4 rings (SSSR count). The minimum Gasteiger partial charge on any atom is -0.453 e. The molecule has 2 amide bonds. The van der Waals surface area contributed by atoms with Crippen molar-refractivity contribution in [1.82, 2.24) is 5.32 Å². The molecular weight excluding hydrogens is 372 g/mol. The standard InChI is InChI=1S/C22H24N2O5/c1-27-21(26)24-17(13-15-7-3-2-4-8-15)20(25)23-16-9-10-18-19(14-16)29-22(28-18)11-5-6-12-22/h2-4,7-10,14,17H,5-6,11-13H2,1H3,(H,23,25)(H,24,26). The van der Waals surface area contributed by atoms with E-state index in [1.165, 1.54) is 7.11 Å². The molecule has 2 N–H and O–H groups in total. The number of fused-ring (bicyclic) bond motifs is 1. The van der Waals surface area contributed by atoms with Crippen LogP contribution in [-0.2, 0) is 16.0 Å². The maximum atomic E-state index is 12.9. The van der Waals surface area contributed by atoms with Gasteiger partial charge in [0, 0.05) is 31.0 Å². The first-order chi connectivity index (χ1) is 14.1. The van der Waals surface area contributed by atoms with Gasteiger partial charge in [-0.25, -0.2) is 4.79 Å². The number of benzene rings is 2. The van der Waals surface area contributed by atoms with Crippen LogP contribution in [0.5, 0.6) is 11.5 Å². The molecule has 1 aliphatic heterocycles. The topological polar surface area (TPSA) is 85.9 Å². The third-order valence-electron chi connectivity index (χ3n) is 5.25. The van der Waals surface area contributed by atoms with Crippen molar-refractivity contribution in [1.29, 1.82) is 0 Å². The monoisotopic (exact) mass is 396 g/mol. The molecule has 7 nitrogen and oxygen atoms in total. The second-order valence-electron chi connectivity index (χ2n) is 7.35. The van der Waals surface area contributed by atoms with Crippen LogP contribution in [-0.4, -0.2) is 30.9 Å². The molecule has 1 saturated carbocycles. The van der Waals surface area contributed by atoms with E-state index in [1.54, 1.807) is 18.2 Å². The molecule has 1 spiro atoms. The van der Waals surface area contributed by atoms with E-state index in [1.807, 2.05) is 30.3 Å². The van der Waals surface area contributed by atoms with Gasteiger partial charge in [0.15, 0.2) is 11.5 Å². The lowest BCUT2D eigenvalue weighted by Gasteiger charge is -2.21. The molecule has 0 aromatic heterocycles. The van der Waals surface area contributed by atoms with Gasteiger partial charge in [-0.1, -0.05) is 30.3 Å². The van der Waals surface area contributed by atoms with Crippen molar-refractivity contribution in [2.75, 3.05) is 12.4 Å². The molecule has 0 radical (unpaired) electrons. The number of nitrogens with one attached hydrogen (secondary N) is 2. The highest BCUT2D eigenvalue weighted by Gasteiger charge is 2.44. The van der Waals surface area contributed by atoms with Gasteiger partial charge in [0.05, 0.1) is 7.11 Å². The van der Waals surface area contributed by atoms with Gasteiger partial charge in [0.25, 0.3) is 5.79 Å². The Bertz CT molecular complexity index is 893. The zero-order chi connectivity index (χ0) is 20.3. The van der Waals surface area contributed by atoms with E-state index in [4.69, 9.17) is 9.47 Å². The first-order valence-corrected chi connectivity index (χ1v) is 9.78. The second kappa shape index (κ2) is 8.03. The number of hydrogen-bond donors (Lipinski definition) is 2. The van der Waals surface area contributed by atoms with Crippen molar-refractivity contribution in [2.45, 2.75) is 43.9 Å². The molecule has 0 saturated heterocycles. The molecule has 7 heteroatoms. The summed E-state index contributed by atoms with van der Waals surface area (Å²) in [6.07, 6.45) is 3.58. The van der Waals surface area contributed by atoms with E-state index in [-0.39, 0.29) is 5.91 Å². The molecule has 2 aromatic carbocycles. The van der Waals surface area contributed by atoms with Crippen molar-refractivity contribution in [2.24, 2.45) is 0 Å². The Morgan fingerprint density at radius 2 is 1.79 bits per heavy atom. The molecule has 1 unspecified atom stereocenters. The lowest BCUT2D eigenvalue weighted by Crippen LogP contribution is -2.45. The predicted octanol–water partition coefficient (Wildman–Crippen LogP) is 3.63. The summed E-state index contributed by atoms with van der Waals surface area (Å²) in [7, 11) is 1.27. The van der Waals surface area contributed by atoms with E-state index >= 15 is 0 Å². The van der Waals surface area contributed by atoms with Gasteiger partial charge in [-0.3, -0.25) is 4.79 Å². The van der Waals surface area contributed by atoms with Crippen molar-refractivity contribution >= 4 is 17.7 Å². The summed E-state index contributed by atoms with van der Waals surface area (Å²) in [4.78, 5) is 24.6. The smallest absolute Gasteiger partial charge is 0.407 e. The number of ether oxygens (including phenoxy) is 3. The molecule has 1 heterocycles. The fourth-order valence-electron chi connectivity index (χ4n) is 3.78. The van der Waals surface area contributed by atoms with Crippen molar-refractivity contribution in [3.8, 4) is 11.5 Å². The summed E-state index contributed by atoms with van der Waals surface area (Å²) in [5.41, 5.74) is 1.51. The van der Waals surface area contributed by atoms with Crippen LogP contribution < -0.4 is 20.1 Å². The molecule has 1 fully saturated rings. The fraction of sp³-hybridized carbons (Fsp3) is 0.364. The average Bonchev–Trinajstić information content (AvgIpc) is 3.33. The van der Waals surface area contributed by atoms with Crippen LogP contribution in [0.2, 0.25) is 0 Å². The highest BCUT2D eigenvalue weighted by Crippen LogP contribution is 2.47. The quantitative estimate of drug-likeness (QED) is 0.806. The van der Waals surface area contributed by atoms with Crippen LogP contribution in [0.15, 0.2) is 48.5 Å². The van der Waals surface area contributed by atoms with E-state index in [9.17, 15) is 9.59 Å². The number of methoxy groups -OCH3 is 1. The Labute approximate surface area is 169 Å². The van der Waals surface area contributed by atoms with Crippen LogP contribution in [0.1, 0.15) is 31.2 Å². The summed E-state index contributed by atoms with van der Waals surface area (Å²) in [6.45, 7) is 0. The molecular formula is C22H24N2O5. The van der Waals surface area contributed by atoms with Crippen LogP contribution in [0, 0.1) is 0 Å². The summed E-state index contributed by atoms with van der Waals surface area (Å²) >= 11 is 0. The largest absolute Gasteiger partial charge is 0.453 e. The normalized spacial score (nSPS) is 17.0. The van der Waals surface area contributed by atoms with Crippen LogP contribution in [0.25, 0.3) is 0 Å². The number of amides is 2. The number of carbonyl (C=O) groups excluding carboxylic acids is 2. The maximum Gasteiger partial charge on any atom is 0.407 e. The molecule has 2 aromatic rings. The van der Waals surface area contributed by atoms with E-state index < -0.39 is 17.9 Å². The highest BCUT2D eigenvalue weighted by atomic mass is 16.7. The fourth-order valence-corrected chi connectivity index (χ4v) is 3.78. The minimum atomic E-state index is -0.781. The van der Waals surface area contributed by atoms with Gasteiger partial charge in [-0.15, -0.1) is 0 Å². The Balaban J connectivity index is 1.47. The average molecular weight is 396 g/mol. The Hall–Kier alpha value is -3.22. The number of rotatable bonds is 5. The van der Waals surface area contributed by atoms with Gasteiger partial charge >= 0.3 is 6.09 Å². The number of hydrogen-bond acceptors (Lipinski definition) is 5. The van der Waals surface area contributed by atoms with Crippen molar-refractivity contribution in [3.05, 3.63) is 54.1 Å². The first-order valence-electron chi connectivity index (χ1n) is 9.78. The zero-order valence-electron chi connectivity index (χ0n) is 16.3. The van der Waals surface area contributed by atoms with Crippen LogP contribution in [0.3, 0.4) is 0 Å². The first kappa shape index (κ1) is 19.1. The predicted molar refractivity (Wildman–Crippen MR) is 107 cm³/mol. The molecule has 152 valence electrons. The highest BCUT2D eigenvalue weighted by molar-refractivity contribution is 5.97. The van der Waals surface area contributed by atoms with Gasteiger partial charge in [0.1, 0.15) is 6.04 Å².